The Labute approximate surface area is 120 Å². The van der Waals surface area contributed by atoms with Crippen molar-refractivity contribution in [3.05, 3.63) is 23.8 Å². The summed E-state index contributed by atoms with van der Waals surface area (Å²) in [4.78, 5) is 14.2. The third-order valence-electron chi connectivity index (χ3n) is 3.15. The van der Waals surface area contributed by atoms with Crippen molar-refractivity contribution in [3.63, 3.8) is 0 Å². The smallest absolute Gasteiger partial charge is 0.251 e. The van der Waals surface area contributed by atoms with Crippen LogP contribution in [-0.2, 0) is 0 Å². The van der Waals surface area contributed by atoms with Crippen LogP contribution in [0.3, 0.4) is 0 Å². The Morgan fingerprint density at radius 2 is 1.60 bits per heavy atom. The fraction of sp³-hybridized carbons (Fsp3) is 0.533. The predicted octanol–water partition coefficient (Wildman–Crippen LogP) is 1.95. The standard InChI is InChI=1S/C15H24N2O3/c1-10(2)17(11(3)4)6-5-16-15(20)12-7-13(18)9-14(19)8-12/h7-11,18-19H,5-6H2,1-4H3,(H,16,20). The summed E-state index contributed by atoms with van der Waals surface area (Å²) in [7, 11) is 0. The molecule has 0 aliphatic rings. The van der Waals surface area contributed by atoms with Crippen LogP contribution in [0.2, 0.25) is 0 Å². The number of hydrogen-bond donors (Lipinski definition) is 3. The number of rotatable bonds is 6. The van der Waals surface area contributed by atoms with Gasteiger partial charge in [-0.05, 0) is 39.8 Å². The Morgan fingerprint density at radius 3 is 2.05 bits per heavy atom. The molecule has 1 aromatic rings. The molecule has 5 nitrogen and oxygen atoms in total. The van der Waals surface area contributed by atoms with Gasteiger partial charge in [0.2, 0.25) is 0 Å². The molecule has 20 heavy (non-hydrogen) atoms. The van der Waals surface area contributed by atoms with Crippen LogP contribution in [-0.4, -0.2) is 46.2 Å². The lowest BCUT2D eigenvalue weighted by Gasteiger charge is -2.30. The van der Waals surface area contributed by atoms with Gasteiger partial charge < -0.3 is 15.5 Å². The van der Waals surface area contributed by atoms with E-state index in [2.05, 4.69) is 37.9 Å². The number of amides is 1. The minimum atomic E-state index is -0.302. The summed E-state index contributed by atoms with van der Waals surface area (Å²) in [6.07, 6.45) is 0. The largest absolute Gasteiger partial charge is 0.508 e. The molecule has 0 aromatic heterocycles. The Morgan fingerprint density at radius 1 is 1.10 bits per heavy atom. The molecule has 0 spiro atoms. The van der Waals surface area contributed by atoms with Gasteiger partial charge in [0.05, 0.1) is 0 Å². The second-order valence-electron chi connectivity index (χ2n) is 5.42. The van der Waals surface area contributed by atoms with Gasteiger partial charge in [-0.3, -0.25) is 9.69 Å². The molecule has 1 amide bonds. The van der Waals surface area contributed by atoms with E-state index in [1.54, 1.807) is 0 Å². The number of carbonyl (C=O) groups is 1. The lowest BCUT2D eigenvalue weighted by Crippen LogP contribution is -2.42. The summed E-state index contributed by atoms with van der Waals surface area (Å²) in [5.74, 6) is -0.550. The molecule has 0 radical (unpaired) electrons. The Kier molecular flexibility index (Phi) is 5.82. The topological polar surface area (TPSA) is 72.8 Å². The third kappa shape index (κ3) is 4.74. The molecule has 112 valence electrons. The highest BCUT2D eigenvalue weighted by Gasteiger charge is 2.14. The van der Waals surface area contributed by atoms with Crippen molar-refractivity contribution in [2.24, 2.45) is 0 Å². The summed E-state index contributed by atoms with van der Waals surface area (Å²) >= 11 is 0. The van der Waals surface area contributed by atoms with Crippen LogP contribution in [0.15, 0.2) is 18.2 Å². The number of carbonyl (C=O) groups excluding carboxylic acids is 1. The van der Waals surface area contributed by atoms with Crippen molar-refractivity contribution < 1.29 is 15.0 Å². The minimum absolute atomic E-state index is 0.124. The Hall–Kier alpha value is -1.75. The van der Waals surface area contributed by atoms with E-state index in [9.17, 15) is 15.0 Å². The van der Waals surface area contributed by atoms with Crippen LogP contribution < -0.4 is 5.32 Å². The molecule has 0 aliphatic carbocycles. The predicted molar refractivity (Wildman–Crippen MR) is 79.1 cm³/mol. The molecule has 0 aliphatic heterocycles. The summed E-state index contributed by atoms with van der Waals surface area (Å²) in [6.45, 7) is 9.76. The molecule has 0 heterocycles. The molecular formula is C15H24N2O3. The van der Waals surface area contributed by atoms with Gasteiger partial charge in [-0.15, -0.1) is 0 Å². The quantitative estimate of drug-likeness (QED) is 0.744. The number of nitrogens with one attached hydrogen (secondary N) is 1. The first-order valence-corrected chi connectivity index (χ1v) is 6.88. The number of phenolic OH excluding ortho intramolecular Hbond substituents is 2. The zero-order valence-corrected chi connectivity index (χ0v) is 12.6. The van der Waals surface area contributed by atoms with E-state index in [1.165, 1.54) is 18.2 Å². The second-order valence-corrected chi connectivity index (χ2v) is 5.42. The number of nitrogens with zero attached hydrogens (tertiary/aromatic N) is 1. The first-order chi connectivity index (χ1) is 9.31. The van der Waals surface area contributed by atoms with Gasteiger partial charge >= 0.3 is 0 Å². The second kappa shape index (κ2) is 7.14. The molecule has 0 bridgehead atoms. The van der Waals surface area contributed by atoms with Crippen LogP contribution in [0, 0.1) is 0 Å². The molecule has 1 aromatic carbocycles. The first-order valence-electron chi connectivity index (χ1n) is 6.88. The Balaban J connectivity index is 2.55. The summed E-state index contributed by atoms with van der Waals surface area (Å²) in [6, 6.07) is 4.68. The molecule has 0 saturated heterocycles. The molecular weight excluding hydrogens is 256 g/mol. The van der Waals surface area contributed by atoms with E-state index in [0.717, 1.165) is 6.54 Å². The van der Waals surface area contributed by atoms with Gasteiger partial charge in [-0.1, -0.05) is 0 Å². The van der Waals surface area contributed by atoms with E-state index in [4.69, 9.17) is 0 Å². The van der Waals surface area contributed by atoms with Crippen LogP contribution in [0.1, 0.15) is 38.1 Å². The number of benzene rings is 1. The van der Waals surface area contributed by atoms with E-state index >= 15 is 0 Å². The van der Waals surface area contributed by atoms with Crippen molar-refractivity contribution in [2.75, 3.05) is 13.1 Å². The average molecular weight is 280 g/mol. The van der Waals surface area contributed by atoms with E-state index in [1.807, 2.05) is 0 Å². The maximum Gasteiger partial charge on any atom is 0.251 e. The lowest BCUT2D eigenvalue weighted by atomic mass is 10.2. The monoisotopic (exact) mass is 280 g/mol. The molecule has 0 saturated carbocycles. The number of phenols is 2. The van der Waals surface area contributed by atoms with E-state index in [0.29, 0.717) is 18.6 Å². The highest BCUT2D eigenvalue weighted by Crippen LogP contribution is 2.20. The zero-order valence-electron chi connectivity index (χ0n) is 12.6. The summed E-state index contributed by atoms with van der Waals surface area (Å²) in [5.41, 5.74) is 0.253. The maximum atomic E-state index is 11.9. The molecule has 5 heteroatoms. The maximum absolute atomic E-state index is 11.9. The number of aromatic hydroxyl groups is 2. The Bertz CT molecular complexity index is 430. The van der Waals surface area contributed by atoms with Crippen molar-refractivity contribution in [1.29, 1.82) is 0 Å². The van der Waals surface area contributed by atoms with Crippen molar-refractivity contribution in [2.45, 2.75) is 39.8 Å². The van der Waals surface area contributed by atoms with Crippen LogP contribution in [0.25, 0.3) is 0 Å². The normalized spacial score (nSPS) is 11.3. The van der Waals surface area contributed by atoms with Gasteiger partial charge in [0.1, 0.15) is 11.5 Å². The van der Waals surface area contributed by atoms with Crippen LogP contribution >= 0.6 is 0 Å². The van der Waals surface area contributed by atoms with Gasteiger partial charge in [0, 0.05) is 36.8 Å². The van der Waals surface area contributed by atoms with E-state index < -0.39 is 0 Å². The first kappa shape index (κ1) is 16.3. The van der Waals surface area contributed by atoms with Gasteiger partial charge in [-0.25, -0.2) is 0 Å². The van der Waals surface area contributed by atoms with Gasteiger partial charge in [0.25, 0.3) is 5.91 Å². The summed E-state index contributed by atoms with van der Waals surface area (Å²) in [5, 5.41) is 21.5. The third-order valence-corrected chi connectivity index (χ3v) is 3.15. The molecule has 3 N–H and O–H groups in total. The molecule has 0 atom stereocenters. The molecule has 0 unspecified atom stereocenters. The van der Waals surface area contributed by atoms with Crippen LogP contribution in [0.4, 0.5) is 0 Å². The lowest BCUT2D eigenvalue weighted by molar-refractivity contribution is 0.0938. The SMILES string of the molecule is CC(C)N(CCNC(=O)c1cc(O)cc(O)c1)C(C)C. The molecule has 1 rings (SSSR count). The molecule has 0 fully saturated rings. The fourth-order valence-electron chi connectivity index (χ4n) is 2.24. The minimum Gasteiger partial charge on any atom is -0.508 e. The zero-order chi connectivity index (χ0) is 15.3. The highest BCUT2D eigenvalue weighted by molar-refractivity contribution is 5.95. The average Bonchev–Trinajstić information content (AvgIpc) is 2.32. The van der Waals surface area contributed by atoms with Crippen molar-refractivity contribution in [1.82, 2.24) is 10.2 Å². The van der Waals surface area contributed by atoms with Gasteiger partial charge in [0.15, 0.2) is 0 Å². The van der Waals surface area contributed by atoms with E-state index in [-0.39, 0.29) is 23.0 Å². The summed E-state index contributed by atoms with van der Waals surface area (Å²) < 4.78 is 0. The number of hydrogen-bond acceptors (Lipinski definition) is 4. The highest BCUT2D eigenvalue weighted by atomic mass is 16.3. The van der Waals surface area contributed by atoms with Crippen LogP contribution in [0.5, 0.6) is 11.5 Å². The van der Waals surface area contributed by atoms with Crippen molar-refractivity contribution in [3.8, 4) is 11.5 Å². The van der Waals surface area contributed by atoms with Crippen molar-refractivity contribution >= 4 is 5.91 Å². The fourth-order valence-corrected chi connectivity index (χ4v) is 2.24. The van der Waals surface area contributed by atoms with Gasteiger partial charge in [-0.2, -0.15) is 0 Å².